The first-order chi connectivity index (χ1) is 12.4. The molecular formula is C18H17N7. The van der Waals surface area contributed by atoms with Crippen molar-refractivity contribution in [1.29, 1.82) is 0 Å². The summed E-state index contributed by atoms with van der Waals surface area (Å²) in [5.41, 5.74) is 4.39. The molecule has 1 aliphatic carbocycles. The van der Waals surface area contributed by atoms with Gasteiger partial charge in [-0.05, 0) is 30.0 Å². The largest absolute Gasteiger partial charge is 0.363 e. The number of rotatable bonds is 4. The molecule has 7 heteroatoms. The Labute approximate surface area is 143 Å². The lowest BCUT2D eigenvalue weighted by molar-refractivity contribution is 0.758. The number of nitrogens with zero attached hydrogens (tertiary/aromatic N) is 3. The molecule has 3 heterocycles. The van der Waals surface area contributed by atoms with E-state index in [4.69, 9.17) is 0 Å². The van der Waals surface area contributed by atoms with Gasteiger partial charge in [0.25, 0.3) is 0 Å². The Hall–Kier alpha value is -3.35. The molecule has 4 N–H and O–H groups in total. The van der Waals surface area contributed by atoms with Gasteiger partial charge in [-0.2, -0.15) is 15.1 Å². The Morgan fingerprint density at radius 1 is 1.12 bits per heavy atom. The highest BCUT2D eigenvalue weighted by Crippen LogP contribution is 2.35. The minimum Gasteiger partial charge on any atom is -0.363 e. The molecule has 0 saturated heterocycles. The topological polar surface area (TPSA) is 94.3 Å². The van der Waals surface area contributed by atoms with Crippen molar-refractivity contribution in [2.24, 2.45) is 0 Å². The van der Waals surface area contributed by atoms with Crippen LogP contribution in [0.1, 0.15) is 23.6 Å². The first-order valence-corrected chi connectivity index (χ1v) is 8.32. The van der Waals surface area contributed by atoms with Crippen LogP contribution in [0.15, 0.2) is 48.9 Å². The average molecular weight is 331 g/mol. The summed E-state index contributed by atoms with van der Waals surface area (Å²) in [5, 5.41) is 14.5. The fraction of sp³-hybridized carbons (Fsp3) is 0.167. The molecule has 0 spiro atoms. The molecule has 0 radical (unpaired) electrons. The van der Waals surface area contributed by atoms with Crippen LogP contribution in [0, 0.1) is 0 Å². The first-order valence-electron chi connectivity index (χ1n) is 8.32. The van der Waals surface area contributed by atoms with Gasteiger partial charge in [-0.25, -0.2) is 0 Å². The second-order valence-electron chi connectivity index (χ2n) is 6.18. The molecule has 7 nitrogen and oxygen atoms in total. The number of aromatic amines is 2. The number of hydrogen-bond acceptors (Lipinski definition) is 5. The minimum absolute atomic E-state index is 0.269. The summed E-state index contributed by atoms with van der Waals surface area (Å²) >= 11 is 0. The van der Waals surface area contributed by atoms with Crippen molar-refractivity contribution in [2.75, 3.05) is 10.6 Å². The van der Waals surface area contributed by atoms with Crippen LogP contribution >= 0.6 is 0 Å². The van der Waals surface area contributed by atoms with Crippen molar-refractivity contribution in [2.45, 2.75) is 18.9 Å². The molecule has 3 aromatic heterocycles. The third-order valence-electron chi connectivity index (χ3n) is 4.61. The number of nitrogens with one attached hydrogen (secondary N) is 4. The number of aryl methyl sites for hydroxylation is 1. The van der Waals surface area contributed by atoms with E-state index in [1.165, 1.54) is 11.1 Å². The van der Waals surface area contributed by atoms with E-state index in [1.807, 2.05) is 12.3 Å². The molecule has 124 valence electrons. The van der Waals surface area contributed by atoms with Gasteiger partial charge in [0.2, 0.25) is 5.95 Å². The summed E-state index contributed by atoms with van der Waals surface area (Å²) in [4.78, 5) is 12.4. The normalized spacial score (nSPS) is 16.1. The lowest BCUT2D eigenvalue weighted by Gasteiger charge is -2.16. The highest BCUT2D eigenvalue weighted by Gasteiger charge is 2.23. The molecule has 0 bridgehead atoms. The summed E-state index contributed by atoms with van der Waals surface area (Å²) in [6.45, 7) is 0. The van der Waals surface area contributed by atoms with Gasteiger partial charge in [0.05, 0.1) is 23.3 Å². The number of fused-ring (bicyclic) bond motifs is 2. The van der Waals surface area contributed by atoms with Crippen molar-refractivity contribution in [1.82, 2.24) is 25.1 Å². The minimum atomic E-state index is 0.269. The second kappa shape index (κ2) is 5.62. The lowest BCUT2D eigenvalue weighted by atomic mass is 10.1. The van der Waals surface area contributed by atoms with E-state index in [1.54, 1.807) is 12.4 Å². The third kappa shape index (κ3) is 2.50. The maximum absolute atomic E-state index is 4.69. The molecule has 1 aliphatic rings. The van der Waals surface area contributed by atoms with Crippen LogP contribution < -0.4 is 10.6 Å². The quantitative estimate of drug-likeness (QED) is 0.459. The zero-order valence-corrected chi connectivity index (χ0v) is 13.5. The van der Waals surface area contributed by atoms with Crippen molar-refractivity contribution in [3.63, 3.8) is 0 Å². The fourth-order valence-electron chi connectivity index (χ4n) is 3.43. The van der Waals surface area contributed by atoms with Crippen molar-refractivity contribution < 1.29 is 0 Å². The molecule has 4 aromatic rings. The maximum atomic E-state index is 4.69. The Morgan fingerprint density at radius 2 is 2.08 bits per heavy atom. The van der Waals surface area contributed by atoms with E-state index < -0.39 is 0 Å². The lowest BCUT2D eigenvalue weighted by Crippen LogP contribution is -2.10. The van der Waals surface area contributed by atoms with Gasteiger partial charge in [0, 0.05) is 12.4 Å². The average Bonchev–Trinajstić information content (AvgIpc) is 3.36. The zero-order chi connectivity index (χ0) is 16.6. The monoisotopic (exact) mass is 331 g/mol. The molecule has 5 rings (SSSR count). The predicted octanol–water partition coefficient (Wildman–Crippen LogP) is 3.52. The highest BCUT2D eigenvalue weighted by atomic mass is 15.2. The fourth-order valence-corrected chi connectivity index (χ4v) is 3.43. The molecule has 0 unspecified atom stereocenters. The van der Waals surface area contributed by atoms with Crippen LogP contribution in [0.4, 0.5) is 17.5 Å². The maximum Gasteiger partial charge on any atom is 0.231 e. The SMILES string of the molecule is c1ccc2c(c1)CC[C@@H]2Nc1nc(Nc2cn[nH]c2)nc2[nH]ccc12. The first kappa shape index (κ1) is 14.0. The van der Waals surface area contributed by atoms with Crippen LogP contribution in [0.25, 0.3) is 11.0 Å². The van der Waals surface area contributed by atoms with E-state index in [-0.39, 0.29) is 6.04 Å². The number of aromatic nitrogens is 5. The van der Waals surface area contributed by atoms with Crippen LogP contribution in [0.2, 0.25) is 0 Å². The predicted molar refractivity (Wildman–Crippen MR) is 96.9 cm³/mol. The summed E-state index contributed by atoms with van der Waals surface area (Å²) in [5.74, 6) is 1.36. The van der Waals surface area contributed by atoms with Gasteiger partial charge in [0.15, 0.2) is 0 Å². The summed E-state index contributed by atoms with van der Waals surface area (Å²) in [7, 11) is 0. The van der Waals surface area contributed by atoms with Gasteiger partial charge >= 0.3 is 0 Å². The Kier molecular flexibility index (Phi) is 3.16. The Bertz CT molecular complexity index is 1020. The van der Waals surface area contributed by atoms with Crippen LogP contribution in [-0.4, -0.2) is 25.1 Å². The van der Waals surface area contributed by atoms with Crippen LogP contribution in [0.5, 0.6) is 0 Å². The Balaban J connectivity index is 1.51. The van der Waals surface area contributed by atoms with E-state index in [0.717, 1.165) is 35.4 Å². The van der Waals surface area contributed by atoms with E-state index in [0.29, 0.717) is 5.95 Å². The number of benzene rings is 1. The van der Waals surface area contributed by atoms with Crippen molar-refractivity contribution in [3.05, 3.63) is 60.0 Å². The summed E-state index contributed by atoms with van der Waals surface area (Å²) in [6, 6.07) is 10.9. The molecule has 1 atom stereocenters. The summed E-state index contributed by atoms with van der Waals surface area (Å²) < 4.78 is 0. The van der Waals surface area contributed by atoms with Gasteiger partial charge in [0.1, 0.15) is 11.5 Å². The van der Waals surface area contributed by atoms with Gasteiger partial charge in [-0.15, -0.1) is 0 Å². The second-order valence-corrected chi connectivity index (χ2v) is 6.18. The smallest absolute Gasteiger partial charge is 0.231 e. The standard InChI is InChI=1S/C18H17N7/c1-2-4-13-11(3-1)5-6-15(13)23-17-14-7-8-19-16(14)24-18(25-17)22-12-9-20-21-10-12/h1-4,7-10,15H,5-6H2,(H,20,21)(H3,19,22,23,24,25)/t15-/m0/s1. The third-order valence-corrected chi connectivity index (χ3v) is 4.61. The number of anilines is 3. The number of hydrogen-bond donors (Lipinski definition) is 4. The van der Waals surface area contributed by atoms with Crippen molar-refractivity contribution in [3.8, 4) is 0 Å². The Morgan fingerprint density at radius 3 is 3.00 bits per heavy atom. The van der Waals surface area contributed by atoms with Gasteiger partial charge in [-0.3, -0.25) is 5.10 Å². The molecule has 25 heavy (non-hydrogen) atoms. The molecular weight excluding hydrogens is 314 g/mol. The van der Waals surface area contributed by atoms with Gasteiger partial charge in [-0.1, -0.05) is 24.3 Å². The molecule has 0 amide bonds. The highest BCUT2D eigenvalue weighted by molar-refractivity contribution is 5.88. The van der Waals surface area contributed by atoms with Gasteiger partial charge < -0.3 is 15.6 Å². The molecule has 0 aliphatic heterocycles. The summed E-state index contributed by atoms with van der Waals surface area (Å²) in [6.07, 6.45) is 7.51. The van der Waals surface area contributed by atoms with E-state index in [9.17, 15) is 0 Å². The molecule has 0 fully saturated rings. The van der Waals surface area contributed by atoms with Crippen LogP contribution in [0.3, 0.4) is 0 Å². The van der Waals surface area contributed by atoms with Crippen LogP contribution in [-0.2, 0) is 6.42 Å². The van der Waals surface area contributed by atoms with Crippen molar-refractivity contribution >= 4 is 28.5 Å². The molecule has 1 aromatic carbocycles. The number of H-pyrrole nitrogens is 2. The van der Waals surface area contributed by atoms with E-state index >= 15 is 0 Å². The molecule has 0 saturated carbocycles. The van der Waals surface area contributed by atoms with E-state index in [2.05, 4.69) is 60.0 Å². The zero-order valence-electron chi connectivity index (χ0n) is 13.5.